The minimum atomic E-state index is 0.175. The molecule has 0 aliphatic carbocycles. The Kier molecular flexibility index (Phi) is 5.69. The molecule has 1 unspecified atom stereocenters. The fourth-order valence-corrected chi connectivity index (χ4v) is 2.43. The van der Waals surface area contributed by atoms with Gasteiger partial charge in [0.2, 0.25) is 0 Å². The van der Waals surface area contributed by atoms with Crippen LogP contribution in [0, 0.1) is 0 Å². The summed E-state index contributed by atoms with van der Waals surface area (Å²) < 4.78 is 5.36. The molecule has 0 saturated carbocycles. The molecule has 1 atom stereocenters. The maximum atomic E-state index is 9.06. The van der Waals surface area contributed by atoms with Crippen LogP contribution < -0.4 is 10.2 Å². The second-order valence-corrected chi connectivity index (χ2v) is 5.18. The van der Waals surface area contributed by atoms with Gasteiger partial charge in [-0.2, -0.15) is 0 Å². The Morgan fingerprint density at radius 1 is 1.24 bits per heavy atom. The molecule has 0 fully saturated rings. The third kappa shape index (κ3) is 4.53. The van der Waals surface area contributed by atoms with E-state index in [1.165, 1.54) is 0 Å². The van der Waals surface area contributed by atoms with Crippen molar-refractivity contribution in [3.8, 4) is 0 Å². The van der Waals surface area contributed by atoms with E-state index < -0.39 is 0 Å². The molecule has 0 spiro atoms. The average molecular weight is 288 g/mol. The van der Waals surface area contributed by atoms with Crippen LogP contribution in [0.3, 0.4) is 0 Å². The molecule has 21 heavy (non-hydrogen) atoms. The van der Waals surface area contributed by atoms with E-state index in [0.717, 1.165) is 30.1 Å². The van der Waals surface area contributed by atoms with E-state index in [-0.39, 0.29) is 6.61 Å². The van der Waals surface area contributed by atoms with Gasteiger partial charge in [0.1, 0.15) is 5.76 Å². The van der Waals surface area contributed by atoms with Gasteiger partial charge in [0.25, 0.3) is 0 Å². The second-order valence-electron chi connectivity index (χ2n) is 5.18. The van der Waals surface area contributed by atoms with Gasteiger partial charge in [-0.1, -0.05) is 0 Å². The van der Waals surface area contributed by atoms with E-state index in [0.29, 0.717) is 12.6 Å². The van der Waals surface area contributed by atoms with Crippen LogP contribution in [0.5, 0.6) is 0 Å². The maximum Gasteiger partial charge on any atom is 0.105 e. The highest BCUT2D eigenvalue weighted by molar-refractivity contribution is 5.55. The number of nitrogens with zero attached hydrogens (tertiary/aromatic N) is 1. The number of rotatable bonds is 8. The lowest BCUT2D eigenvalue weighted by Crippen LogP contribution is -2.26. The van der Waals surface area contributed by atoms with Crippen LogP contribution in [-0.2, 0) is 6.42 Å². The zero-order chi connectivity index (χ0) is 15.1. The molecule has 114 valence electrons. The van der Waals surface area contributed by atoms with Gasteiger partial charge in [-0.15, -0.1) is 0 Å². The second kappa shape index (κ2) is 7.74. The van der Waals surface area contributed by atoms with Gasteiger partial charge in [0.15, 0.2) is 0 Å². The standard InChI is InChI=1S/C17H24N2O2/c1-3-19(10-11-20)16-8-6-15(7-9-16)18-14(2)13-17-5-4-12-21-17/h4-9,12,14,18,20H,3,10-11,13H2,1-2H3. The molecule has 0 aliphatic rings. The first-order valence-electron chi connectivity index (χ1n) is 7.47. The van der Waals surface area contributed by atoms with Crippen molar-refractivity contribution >= 4 is 11.4 Å². The molecule has 1 aromatic carbocycles. The minimum Gasteiger partial charge on any atom is -0.469 e. The third-order valence-electron chi connectivity index (χ3n) is 3.48. The van der Waals surface area contributed by atoms with Crippen molar-refractivity contribution in [2.75, 3.05) is 29.9 Å². The van der Waals surface area contributed by atoms with Crippen LogP contribution in [0.1, 0.15) is 19.6 Å². The quantitative estimate of drug-likeness (QED) is 0.783. The lowest BCUT2D eigenvalue weighted by molar-refractivity contribution is 0.302. The maximum absolute atomic E-state index is 9.06. The third-order valence-corrected chi connectivity index (χ3v) is 3.48. The minimum absolute atomic E-state index is 0.175. The number of nitrogens with one attached hydrogen (secondary N) is 1. The van der Waals surface area contributed by atoms with E-state index in [4.69, 9.17) is 9.52 Å². The first-order valence-corrected chi connectivity index (χ1v) is 7.47. The molecule has 4 heteroatoms. The molecule has 1 heterocycles. The summed E-state index contributed by atoms with van der Waals surface area (Å²) in [5.74, 6) is 0.992. The van der Waals surface area contributed by atoms with Gasteiger partial charge >= 0.3 is 0 Å². The highest BCUT2D eigenvalue weighted by Gasteiger charge is 2.07. The summed E-state index contributed by atoms with van der Waals surface area (Å²) in [6.45, 7) is 5.96. The first-order chi connectivity index (χ1) is 10.2. The number of aliphatic hydroxyl groups is 1. The summed E-state index contributed by atoms with van der Waals surface area (Å²) >= 11 is 0. The molecular weight excluding hydrogens is 264 g/mol. The van der Waals surface area contributed by atoms with Crippen LogP contribution in [0.15, 0.2) is 47.1 Å². The number of aliphatic hydroxyl groups excluding tert-OH is 1. The highest BCUT2D eigenvalue weighted by Crippen LogP contribution is 2.19. The molecular formula is C17H24N2O2. The summed E-state index contributed by atoms with van der Waals surface area (Å²) in [5.41, 5.74) is 2.23. The number of likely N-dealkylation sites (N-methyl/N-ethyl adjacent to an activating group) is 1. The fourth-order valence-electron chi connectivity index (χ4n) is 2.43. The molecule has 0 saturated heterocycles. The van der Waals surface area contributed by atoms with E-state index in [1.54, 1.807) is 6.26 Å². The monoisotopic (exact) mass is 288 g/mol. The Labute approximate surface area is 126 Å². The molecule has 0 aliphatic heterocycles. The molecule has 4 nitrogen and oxygen atoms in total. The smallest absolute Gasteiger partial charge is 0.105 e. The van der Waals surface area contributed by atoms with Gasteiger partial charge < -0.3 is 19.7 Å². The molecule has 2 aromatic rings. The fraction of sp³-hybridized carbons (Fsp3) is 0.412. The van der Waals surface area contributed by atoms with Crippen LogP contribution in [0.25, 0.3) is 0 Å². The van der Waals surface area contributed by atoms with Crippen LogP contribution in [0.4, 0.5) is 11.4 Å². The Hall–Kier alpha value is -1.94. The Morgan fingerprint density at radius 2 is 2.00 bits per heavy atom. The number of furan rings is 1. The Morgan fingerprint density at radius 3 is 2.57 bits per heavy atom. The summed E-state index contributed by atoms with van der Waals surface area (Å²) in [7, 11) is 0. The summed E-state index contributed by atoms with van der Waals surface area (Å²) in [6, 6.07) is 12.5. The largest absolute Gasteiger partial charge is 0.469 e. The lowest BCUT2D eigenvalue weighted by atomic mass is 10.1. The van der Waals surface area contributed by atoms with Crippen LogP contribution in [-0.4, -0.2) is 30.8 Å². The van der Waals surface area contributed by atoms with E-state index in [2.05, 4.69) is 48.3 Å². The summed E-state index contributed by atoms with van der Waals surface area (Å²) in [6.07, 6.45) is 2.57. The van der Waals surface area contributed by atoms with Gasteiger partial charge in [0.05, 0.1) is 12.9 Å². The van der Waals surface area contributed by atoms with Crippen LogP contribution >= 0.6 is 0 Å². The van der Waals surface area contributed by atoms with E-state index in [1.807, 2.05) is 12.1 Å². The zero-order valence-corrected chi connectivity index (χ0v) is 12.7. The Balaban J connectivity index is 1.92. The number of benzene rings is 1. The van der Waals surface area contributed by atoms with Crippen LogP contribution in [0.2, 0.25) is 0 Å². The number of hydrogen-bond donors (Lipinski definition) is 2. The molecule has 2 N–H and O–H groups in total. The van der Waals surface area contributed by atoms with E-state index in [9.17, 15) is 0 Å². The average Bonchev–Trinajstić information content (AvgIpc) is 2.98. The lowest BCUT2D eigenvalue weighted by Gasteiger charge is -2.22. The predicted molar refractivity (Wildman–Crippen MR) is 86.9 cm³/mol. The highest BCUT2D eigenvalue weighted by atomic mass is 16.3. The van der Waals surface area contributed by atoms with Crippen molar-refractivity contribution in [1.29, 1.82) is 0 Å². The number of anilines is 2. The normalized spacial score (nSPS) is 12.1. The Bertz CT molecular complexity index is 508. The van der Waals surface area contributed by atoms with Gasteiger partial charge in [0, 0.05) is 36.9 Å². The van der Waals surface area contributed by atoms with Gasteiger partial charge in [-0.3, -0.25) is 0 Å². The molecule has 2 rings (SSSR count). The molecule has 0 bridgehead atoms. The van der Waals surface area contributed by atoms with Crippen molar-refractivity contribution in [3.63, 3.8) is 0 Å². The zero-order valence-electron chi connectivity index (χ0n) is 12.7. The molecule has 0 amide bonds. The summed E-state index contributed by atoms with van der Waals surface area (Å²) in [5, 5.41) is 12.5. The van der Waals surface area contributed by atoms with Crippen molar-refractivity contribution in [2.24, 2.45) is 0 Å². The van der Waals surface area contributed by atoms with Crippen molar-refractivity contribution < 1.29 is 9.52 Å². The van der Waals surface area contributed by atoms with E-state index >= 15 is 0 Å². The predicted octanol–water partition coefficient (Wildman–Crippen LogP) is 3.14. The molecule has 1 aromatic heterocycles. The van der Waals surface area contributed by atoms with Gasteiger partial charge in [-0.25, -0.2) is 0 Å². The van der Waals surface area contributed by atoms with Crippen molar-refractivity contribution in [3.05, 3.63) is 48.4 Å². The SMILES string of the molecule is CCN(CCO)c1ccc(NC(C)Cc2ccco2)cc1. The number of hydrogen-bond acceptors (Lipinski definition) is 4. The van der Waals surface area contributed by atoms with Crippen molar-refractivity contribution in [1.82, 2.24) is 0 Å². The summed E-state index contributed by atoms with van der Waals surface area (Å²) in [4.78, 5) is 2.15. The van der Waals surface area contributed by atoms with Gasteiger partial charge in [-0.05, 0) is 50.2 Å². The molecule has 0 radical (unpaired) electrons. The van der Waals surface area contributed by atoms with Crippen molar-refractivity contribution in [2.45, 2.75) is 26.3 Å². The topological polar surface area (TPSA) is 48.6 Å². The first kappa shape index (κ1) is 15.4.